The first kappa shape index (κ1) is 19.6. The van der Waals surface area contributed by atoms with Crippen molar-refractivity contribution in [3.8, 4) is 11.8 Å². The van der Waals surface area contributed by atoms with Gasteiger partial charge in [0.2, 0.25) is 10.0 Å². The quantitative estimate of drug-likeness (QED) is 0.782. The minimum atomic E-state index is -3.30. The van der Waals surface area contributed by atoms with Gasteiger partial charge >= 0.3 is 0 Å². The number of nitrogens with zero attached hydrogens (tertiary/aromatic N) is 1. The van der Waals surface area contributed by atoms with Gasteiger partial charge in [0.25, 0.3) is 0 Å². The summed E-state index contributed by atoms with van der Waals surface area (Å²) in [5.41, 5.74) is 1.84. The van der Waals surface area contributed by atoms with Crippen LogP contribution < -0.4 is 4.72 Å². The Morgan fingerprint density at radius 3 is 2.48 bits per heavy atom. The summed E-state index contributed by atoms with van der Waals surface area (Å²) in [6.07, 6.45) is 2.13. The highest BCUT2D eigenvalue weighted by atomic mass is 32.2. The molecule has 1 saturated heterocycles. The number of sulfonamides is 1. The maximum atomic E-state index is 12.3. The summed E-state index contributed by atoms with van der Waals surface area (Å²) >= 11 is 0. The number of hydrogen-bond acceptors (Lipinski definition) is 3. The van der Waals surface area contributed by atoms with Crippen LogP contribution in [0.25, 0.3) is 0 Å². The molecule has 1 aliphatic heterocycles. The van der Waals surface area contributed by atoms with Gasteiger partial charge in [-0.1, -0.05) is 60.4 Å². The zero-order valence-corrected chi connectivity index (χ0v) is 16.3. The number of rotatable bonds is 6. The van der Waals surface area contributed by atoms with E-state index in [0.717, 1.165) is 43.6 Å². The molecule has 3 rings (SSSR count). The average molecular weight is 383 g/mol. The molecule has 1 N–H and O–H groups in total. The lowest BCUT2D eigenvalue weighted by molar-refractivity contribution is 0.195. The van der Waals surface area contributed by atoms with Gasteiger partial charge in [0.05, 0.1) is 12.3 Å². The highest BCUT2D eigenvalue weighted by Gasteiger charge is 2.21. The Balaban J connectivity index is 1.46. The molecule has 1 atom stereocenters. The van der Waals surface area contributed by atoms with Gasteiger partial charge in [-0.3, -0.25) is 4.90 Å². The Bertz CT molecular complexity index is 871. The van der Waals surface area contributed by atoms with Crippen molar-refractivity contribution in [2.24, 2.45) is 5.92 Å². The molecular formula is C22H26N2O2S. The Kier molecular flexibility index (Phi) is 7.05. The van der Waals surface area contributed by atoms with E-state index >= 15 is 0 Å². The van der Waals surface area contributed by atoms with Crippen molar-refractivity contribution >= 4 is 10.0 Å². The second-order valence-corrected chi connectivity index (χ2v) is 8.81. The van der Waals surface area contributed by atoms with Gasteiger partial charge in [0.1, 0.15) is 0 Å². The Hall–Kier alpha value is -2.13. The molecule has 1 heterocycles. The maximum absolute atomic E-state index is 12.3. The lowest BCUT2D eigenvalue weighted by Crippen LogP contribution is -2.41. The average Bonchev–Trinajstić information content (AvgIpc) is 2.68. The third-order valence-corrected chi connectivity index (χ3v) is 6.02. The van der Waals surface area contributed by atoms with Crippen LogP contribution in [0.1, 0.15) is 24.0 Å². The van der Waals surface area contributed by atoms with E-state index in [2.05, 4.69) is 21.5 Å². The van der Waals surface area contributed by atoms with Gasteiger partial charge < -0.3 is 0 Å². The normalized spacial score (nSPS) is 17.9. The molecule has 142 valence electrons. The SMILES string of the molecule is O=S(=O)(Cc1ccccc1)NCC1CCCN(CC#Cc2ccccc2)C1. The van der Waals surface area contributed by atoms with Crippen LogP contribution in [0.5, 0.6) is 0 Å². The van der Waals surface area contributed by atoms with E-state index in [9.17, 15) is 8.42 Å². The third-order valence-electron chi connectivity index (χ3n) is 4.70. The van der Waals surface area contributed by atoms with Gasteiger partial charge in [-0.2, -0.15) is 0 Å². The fourth-order valence-electron chi connectivity index (χ4n) is 3.33. The topological polar surface area (TPSA) is 49.4 Å². The predicted molar refractivity (Wildman–Crippen MR) is 110 cm³/mol. The van der Waals surface area contributed by atoms with Crippen LogP contribution in [0.2, 0.25) is 0 Å². The van der Waals surface area contributed by atoms with E-state index < -0.39 is 10.0 Å². The van der Waals surface area contributed by atoms with Crippen molar-refractivity contribution in [1.29, 1.82) is 0 Å². The van der Waals surface area contributed by atoms with E-state index in [1.807, 2.05) is 60.7 Å². The summed E-state index contributed by atoms with van der Waals surface area (Å²) in [5.74, 6) is 6.79. The van der Waals surface area contributed by atoms with E-state index in [1.165, 1.54) is 0 Å². The molecule has 0 spiro atoms. The number of nitrogens with one attached hydrogen (secondary N) is 1. The molecule has 5 heteroatoms. The summed E-state index contributed by atoms with van der Waals surface area (Å²) in [6, 6.07) is 19.3. The molecule has 2 aromatic rings. The smallest absolute Gasteiger partial charge is 0.215 e. The summed E-state index contributed by atoms with van der Waals surface area (Å²) < 4.78 is 27.4. The molecule has 0 aromatic heterocycles. The van der Waals surface area contributed by atoms with Crippen molar-refractivity contribution in [3.63, 3.8) is 0 Å². The molecule has 1 aliphatic rings. The van der Waals surface area contributed by atoms with Crippen molar-refractivity contribution in [2.75, 3.05) is 26.2 Å². The Morgan fingerprint density at radius 1 is 1.04 bits per heavy atom. The molecular weight excluding hydrogens is 356 g/mol. The molecule has 0 saturated carbocycles. The molecule has 4 nitrogen and oxygen atoms in total. The summed E-state index contributed by atoms with van der Waals surface area (Å²) in [7, 11) is -3.30. The van der Waals surface area contributed by atoms with Gasteiger partial charge in [0, 0.05) is 18.7 Å². The van der Waals surface area contributed by atoms with Crippen molar-refractivity contribution < 1.29 is 8.42 Å². The highest BCUT2D eigenvalue weighted by molar-refractivity contribution is 7.88. The third kappa shape index (κ3) is 6.84. The van der Waals surface area contributed by atoms with E-state index in [0.29, 0.717) is 12.5 Å². The summed E-state index contributed by atoms with van der Waals surface area (Å²) in [4.78, 5) is 2.32. The highest BCUT2D eigenvalue weighted by Crippen LogP contribution is 2.16. The van der Waals surface area contributed by atoms with Gasteiger partial charge in [-0.15, -0.1) is 0 Å². The van der Waals surface area contributed by atoms with E-state index in [4.69, 9.17) is 0 Å². The lowest BCUT2D eigenvalue weighted by Gasteiger charge is -2.31. The molecule has 0 bridgehead atoms. The van der Waals surface area contributed by atoms with Gasteiger partial charge in [0.15, 0.2) is 0 Å². The predicted octanol–water partition coefficient (Wildman–Crippen LogP) is 2.87. The standard InChI is InChI=1S/C22H26N2O2S/c25-27(26,19-21-11-5-2-6-12-21)23-17-22-14-8-16-24(18-22)15-7-13-20-9-3-1-4-10-20/h1-6,9-12,22-23H,8,14-19H2. The van der Waals surface area contributed by atoms with Crippen LogP contribution >= 0.6 is 0 Å². The lowest BCUT2D eigenvalue weighted by atomic mass is 9.98. The molecule has 27 heavy (non-hydrogen) atoms. The van der Waals surface area contributed by atoms with Crippen molar-refractivity contribution in [1.82, 2.24) is 9.62 Å². The zero-order chi connectivity index (χ0) is 19.0. The van der Waals surface area contributed by atoms with E-state index in [-0.39, 0.29) is 5.75 Å². The van der Waals surface area contributed by atoms with Crippen LogP contribution in [-0.2, 0) is 15.8 Å². The van der Waals surface area contributed by atoms with E-state index in [1.54, 1.807) is 0 Å². The minimum absolute atomic E-state index is 0.0345. The fraction of sp³-hybridized carbons (Fsp3) is 0.364. The second kappa shape index (κ2) is 9.70. The maximum Gasteiger partial charge on any atom is 0.215 e. The monoisotopic (exact) mass is 382 g/mol. The largest absolute Gasteiger partial charge is 0.292 e. The molecule has 1 fully saturated rings. The molecule has 0 aliphatic carbocycles. The van der Waals surface area contributed by atoms with Crippen LogP contribution in [0.15, 0.2) is 60.7 Å². The van der Waals surface area contributed by atoms with Crippen LogP contribution in [0, 0.1) is 17.8 Å². The van der Waals surface area contributed by atoms with Crippen LogP contribution in [-0.4, -0.2) is 39.5 Å². The molecule has 0 amide bonds. The van der Waals surface area contributed by atoms with Gasteiger partial charge in [-0.05, 0) is 43.0 Å². The van der Waals surface area contributed by atoms with Gasteiger partial charge in [-0.25, -0.2) is 13.1 Å². The Labute approximate surface area is 162 Å². The van der Waals surface area contributed by atoms with Crippen molar-refractivity contribution in [2.45, 2.75) is 18.6 Å². The first-order valence-corrected chi connectivity index (χ1v) is 11.0. The van der Waals surface area contributed by atoms with Crippen molar-refractivity contribution in [3.05, 3.63) is 71.8 Å². The summed E-state index contributed by atoms with van der Waals surface area (Å²) in [5, 5.41) is 0. The molecule has 2 aromatic carbocycles. The first-order valence-electron chi connectivity index (χ1n) is 9.38. The molecule has 0 radical (unpaired) electrons. The summed E-state index contributed by atoms with van der Waals surface area (Å²) in [6.45, 7) is 3.13. The number of piperidine rings is 1. The fourth-order valence-corrected chi connectivity index (χ4v) is 4.55. The second-order valence-electron chi connectivity index (χ2n) is 7.00. The Morgan fingerprint density at radius 2 is 1.74 bits per heavy atom. The molecule has 1 unspecified atom stereocenters. The number of hydrogen-bond donors (Lipinski definition) is 1. The first-order chi connectivity index (χ1) is 13.1. The number of likely N-dealkylation sites (tertiary alicyclic amines) is 1. The number of benzene rings is 2. The van der Waals surface area contributed by atoms with Crippen LogP contribution in [0.3, 0.4) is 0 Å². The minimum Gasteiger partial charge on any atom is -0.292 e. The zero-order valence-electron chi connectivity index (χ0n) is 15.5. The van der Waals surface area contributed by atoms with Crippen LogP contribution in [0.4, 0.5) is 0 Å².